The van der Waals surface area contributed by atoms with E-state index in [9.17, 15) is 0 Å². The number of nitrogens with zero attached hydrogens (tertiary/aromatic N) is 2. The van der Waals surface area contributed by atoms with Gasteiger partial charge in [-0.05, 0) is 44.5 Å². The van der Waals surface area contributed by atoms with Crippen molar-refractivity contribution < 1.29 is 4.74 Å². The van der Waals surface area contributed by atoms with Crippen molar-refractivity contribution in [2.45, 2.75) is 32.9 Å². The number of ether oxygens (including phenoxy) is 1. The van der Waals surface area contributed by atoms with Crippen LogP contribution in [0.25, 0.3) is 0 Å². The molecule has 0 aliphatic carbocycles. The third kappa shape index (κ3) is 4.95. The van der Waals surface area contributed by atoms with Gasteiger partial charge in [0.05, 0.1) is 7.11 Å². The van der Waals surface area contributed by atoms with Crippen molar-refractivity contribution in [2.24, 2.45) is 0 Å². The van der Waals surface area contributed by atoms with Gasteiger partial charge in [-0.25, -0.2) is 4.98 Å². The first-order valence-corrected chi connectivity index (χ1v) is 6.94. The van der Waals surface area contributed by atoms with Crippen molar-refractivity contribution in [1.29, 1.82) is 0 Å². The molecule has 0 atom stereocenters. The first-order chi connectivity index (χ1) is 9.96. The fraction of sp³-hybridized carbons (Fsp3) is 0.375. The maximum Gasteiger partial charge on any atom is 0.224 e. The van der Waals surface area contributed by atoms with Crippen molar-refractivity contribution >= 4 is 11.8 Å². The summed E-state index contributed by atoms with van der Waals surface area (Å²) >= 11 is 0. The van der Waals surface area contributed by atoms with E-state index in [4.69, 9.17) is 4.74 Å². The van der Waals surface area contributed by atoms with Crippen molar-refractivity contribution in [2.75, 3.05) is 17.7 Å². The molecule has 21 heavy (non-hydrogen) atoms. The summed E-state index contributed by atoms with van der Waals surface area (Å²) in [5.74, 6) is 2.28. The third-order valence-electron chi connectivity index (χ3n) is 2.77. The number of hydrogen-bond donors (Lipinski definition) is 2. The molecule has 0 bridgehead atoms. The maximum atomic E-state index is 5.14. The Kier molecular flexibility index (Phi) is 4.62. The second-order valence-electron chi connectivity index (χ2n) is 5.84. The van der Waals surface area contributed by atoms with E-state index >= 15 is 0 Å². The molecule has 0 saturated heterocycles. The molecule has 0 radical (unpaired) electrons. The second-order valence-corrected chi connectivity index (χ2v) is 5.84. The summed E-state index contributed by atoms with van der Waals surface area (Å²) in [5.41, 5.74) is 1.12. The molecule has 1 aromatic heterocycles. The van der Waals surface area contributed by atoms with Crippen LogP contribution < -0.4 is 15.4 Å². The minimum absolute atomic E-state index is 0.0262. The fourth-order valence-corrected chi connectivity index (χ4v) is 1.82. The van der Waals surface area contributed by atoms with E-state index in [1.54, 1.807) is 13.3 Å². The zero-order chi connectivity index (χ0) is 15.3. The maximum absolute atomic E-state index is 5.14. The lowest BCUT2D eigenvalue weighted by atomic mass is 10.1. The van der Waals surface area contributed by atoms with E-state index in [1.165, 1.54) is 0 Å². The van der Waals surface area contributed by atoms with Gasteiger partial charge in [-0.1, -0.05) is 12.1 Å². The number of methoxy groups -OCH3 is 1. The minimum Gasteiger partial charge on any atom is -0.497 e. The number of rotatable bonds is 5. The van der Waals surface area contributed by atoms with Gasteiger partial charge in [0.15, 0.2) is 0 Å². The van der Waals surface area contributed by atoms with Crippen LogP contribution in [-0.4, -0.2) is 22.6 Å². The summed E-state index contributed by atoms with van der Waals surface area (Å²) in [4.78, 5) is 8.68. The van der Waals surface area contributed by atoms with E-state index in [0.29, 0.717) is 12.5 Å². The molecule has 2 rings (SSSR count). The molecule has 0 saturated carbocycles. The Labute approximate surface area is 125 Å². The fourth-order valence-electron chi connectivity index (χ4n) is 1.82. The van der Waals surface area contributed by atoms with E-state index in [0.717, 1.165) is 17.1 Å². The second kappa shape index (κ2) is 6.43. The highest BCUT2D eigenvalue weighted by Gasteiger charge is 2.10. The molecule has 5 nitrogen and oxygen atoms in total. The summed E-state index contributed by atoms with van der Waals surface area (Å²) in [6.45, 7) is 6.96. The van der Waals surface area contributed by atoms with Crippen LogP contribution >= 0.6 is 0 Å². The van der Waals surface area contributed by atoms with Crippen molar-refractivity contribution in [3.05, 3.63) is 42.1 Å². The first-order valence-electron chi connectivity index (χ1n) is 6.94. The molecular formula is C16H22N4O. The molecule has 0 spiro atoms. The predicted molar refractivity (Wildman–Crippen MR) is 85.7 cm³/mol. The van der Waals surface area contributed by atoms with Crippen LogP contribution in [-0.2, 0) is 6.54 Å². The Morgan fingerprint density at radius 2 is 1.81 bits per heavy atom. The van der Waals surface area contributed by atoms with E-state index in [1.807, 2.05) is 30.3 Å². The van der Waals surface area contributed by atoms with Gasteiger partial charge in [-0.3, -0.25) is 0 Å². The van der Waals surface area contributed by atoms with Crippen LogP contribution in [0.3, 0.4) is 0 Å². The molecule has 5 heteroatoms. The SMILES string of the molecule is COc1ccc(CNc2nccc(NC(C)(C)C)n2)cc1. The van der Waals surface area contributed by atoms with Crippen molar-refractivity contribution in [3.63, 3.8) is 0 Å². The van der Waals surface area contributed by atoms with Crippen LogP contribution in [0.1, 0.15) is 26.3 Å². The van der Waals surface area contributed by atoms with Gasteiger partial charge >= 0.3 is 0 Å². The molecule has 2 N–H and O–H groups in total. The smallest absolute Gasteiger partial charge is 0.224 e. The lowest BCUT2D eigenvalue weighted by Gasteiger charge is -2.21. The lowest BCUT2D eigenvalue weighted by molar-refractivity contribution is 0.414. The molecule has 2 aromatic rings. The van der Waals surface area contributed by atoms with Crippen LogP contribution in [0.5, 0.6) is 5.75 Å². The molecule has 0 amide bonds. The monoisotopic (exact) mass is 286 g/mol. The van der Waals surface area contributed by atoms with E-state index in [2.05, 4.69) is 41.4 Å². The number of benzene rings is 1. The predicted octanol–water partition coefficient (Wildman–Crippen LogP) is 3.31. The summed E-state index contributed by atoms with van der Waals surface area (Å²) in [7, 11) is 1.66. The Morgan fingerprint density at radius 3 is 2.43 bits per heavy atom. The van der Waals surface area contributed by atoms with Gasteiger partial charge in [0.1, 0.15) is 11.6 Å². The van der Waals surface area contributed by atoms with Gasteiger partial charge in [-0.2, -0.15) is 4.98 Å². The Hall–Kier alpha value is -2.30. The van der Waals surface area contributed by atoms with E-state index in [-0.39, 0.29) is 5.54 Å². The topological polar surface area (TPSA) is 59.1 Å². The Balaban J connectivity index is 1.97. The van der Waals surface area contributed by atoms with Gasteiger partial charge in [0.25, 0.3) is 0 Å². The number of anilines is 2. The standard InChI is InChI=1S/C16H22N4O/c1-16(2,3)20-14-9-10-17-15(19-14)18-11-12-5-7-13(21-4)8-6-12/h5-10H,11H2,1-4H3,(H2,17,18,19,20). The van der Waals surface area contributed by atoms with Crippen molar-refractivity contribution in [3.8, 4) is 5.75 Å². The highest BCUT2D eigenvalue weighted by molar-refractivity contribution is 5.41. The van der Waals surface area contributed by atoms with Crippen LogP contribution in [0.15, 0.2) is 36.5 Å². The minimum atomic E-state index is -0.0262. The van der Waals surface area contributed by atoms with Crippen LogP contribution in [0.4, 0.5) is 11.8 Å². The summed E-state index contributed by atoms with van der Waals surface area (Å²) in [5, 5.41) is 6.55. The van der Waals surface area contributed by atoms with Gasteiger partial charge < -0.3 is 15.4 Å². The molecule has 0 aliphatic rings. The zero-order valence-electron chi connectivity index (χ0n) is 13.0. The largest absolute Gasteiger partial charge is 0.497 e. The molecule has 0 fully saturated rings. The molecule has 112 valence electrons. The lowest BCUT2D eigenvalue weighted by Crippen LogP contribution is -2.26. The van der Waals surface area contributed by atoms with E-state index < -0.39 is 0 Å². The number of nitrogens with one attached hydrogen (secondary N) is 2. The number of aromatic nitrogens is 2. The van der Waals surface area contributed by atoms with Gasteiger partial charge in [0.2, 0.25) is 5.95 Å². The normalized spacial score (nSPS) is 11.0. The van der Waals surface area contributed by atoms with Crippen LogP contribution in [0.2, 0.25) is 0 Å². The summed E-state index contributed by atoms with van der Waals surface area (Å²) in [6, 6.07) is 9.78. The van der Waals surface area contributed by atoms with Crippen LogP contribution in [0, 0.1) is 0 Å². The average Bonchev–Trinajstić information content (AvgIpc) is 2.44. The zero-order valence-corrected chi connectivity index (χ0v) is 13.0. The molecular weight excluding hydrogens is 264 g/mol. The average molecular weight is 286 g/mol. The van der Waals surface area contributed by atoms with Gasteiger partial charge in [-0.15, -0.1) is 0 Å². The molecule has 0 aliphatic heterocycles. The molecule has 1 aromatic carbocycles. The third-order valence-corrected chi connectivity index (χ3v) is 2.77. The number of hydrogen-bond acceptors (Lipinski definition) is 5. The quantitative estimate of drug-likeness (QED) is 0.883. The summed E-state index contributed by atoms with van der Waals surface area (Å²) < 4.78 is 5.14. The van der Waals surface area contributed by atoms with Crippen molar-refractivity contribution in [1.82, 2.24) is 9.97 Å². The summed E-state index contributed by atoms with van der Waals surface area (Å²) in [6.07, 6.45) is 1.75. The Morgan fingerprint density at radius 1 is 1.10 bits per heavy atom. The molecule has 1 heterocycles. The molecule has 0 unspecified atom stereocenters. The highest BCUT2D eigenvalue weighted by atomic mass is 16.5. The highest BCUT2D eigenvalue weighted by Crippen LogP contribution is 2.14. The Bertz CT molecular complexity index is 576. The van der Waals surface area contributed by atoms with Gasteiger partial charge in [0, 0.05) is 18.3 Å². The first kappa shape index (κ1) is 15.1.